The van der Waals surface area contributed by atoms with E-state index >= 15 is 0 Å². The van der Waals surface area contributed by atoms with Gasteiger partial charge in [0.05, 0.1) is 6.26 Å². The van der Waals surface area contributed by atoms with Crippen LogP contribution in [0, 0.1) is 5.82 Å². The summed E-state index contributed by atoms with van der Waals surface area (Å²) in [6.45, 7) is 0.326. The summed E-state index contributed by atoms with van der Waals surface area (Å²) in [7, 11) is 0. The standard InChI is InChI=1S/C15H12FNO2/c16-11-4-6-12(7-5-11)18-8-10-9-19-14-3-1-2-13(17)15(10)14/h1-7,9H,8,17H2. The highest BCUT2D eigenvalue weighted by Gasteiger charge is 2.09. The Morgan fingerprint density at radius 2 is 1.89 bits per heavy atom. The first-order chi connectivity index (χ1) is 9.24. The molecule has 0 fully saturated rings. The van der Waals surface area contributed by atoms with E-state index in [1.807, 2.05) is 18.2 Å². The third kappa shape index (κ3) is 2.25. The molecule has 3 nitrogen and oxygen atoms in total. The van der Waals surface area contributed by atoms with Crippen LogP contribution in [-0.2, 0) is 6.61 Å². The minimum atomic E-state index is -0.287. The van der Waals surface area contributed by atoms with Gasteiger partial charge in [0, 0.05) is 16.6 Å². The van der Waals surface area contributed by atoms with Gasteiger partial charge in [-0.2, -0.15) is 0 Å². The second-order valence-corrected chi connectivity index (χ2v) is 4.22. The van der Waals surface area contributed by atoms with Gasteiger partial charge in [0.15, 0.2) is 0 Å². The van der Waals surface area contributed by atoms with E-state index in [0.717, 1.165) is 16.5 Å². The van der Waals surface area contributed by atoms with E-state index in [2.05, 4.69) is 0 Å². The van der Waals surface area contributed by atoms with Gasteiger partial charge in [-0.05, 0) is 36.4 Å². The van der Waals surface area contributed by atoms with E-state index in [1.54, 1.807) is 18.4 Å². The number of hydrogen-bond acceptors (Lipinski definition) is 3. The third-order valence-corrected chi connectivity index (χ3v) is 2.92. The zero-order chi connectivity index (χ0) is 13.2. The van der Waals surface area contributed by atoms with Gasteiger partial charge in [-0.3, -0.25) is 0 Å². The molecule has 4 heteroatoms. The fourth-order valence-electron chi connectivity index (χ4n) is 1.98. The Morgan fingerprint density at radius 1 is 1.11 bits per heavy atom. The van der Waals surface area contributed by atoms with Crippen molar-refractivity contribution in [2.75, 3.05) is 5.73 Å². The van der Waals surface area contributed by atoms with E-state index in [9.17, 15) is 4.39 Å². The fraction of sp³-hybridized carbons (Fsp3) is 0.0667. The van der Waals surface area contributed by atoms with Crippen molar-refractivity contribution in [3.8, 4) is 5.75 Å². The summed E-state index contributed by atoms with van der Waals surface area (Å²) >= 11 is 0. The molecule has 0 aliphatic rings. The molecule has 96 valence electrons. The molecule has 2 aromatic carbocycles. The predicted molar refractivity (Wildman–Crippen MR) is 71.4 cm³/mol. The highest BCUT2D eigenvalue weighted by atomic mass is 19.1. The number of halogens is 1. The minimum absolute atomic E-state index is 0.287. The number of anilines is 1. The first kappa shape index (κ1) is 11.6. The Labute approximate surface area is 109 Å². The lowest BCUT2D eigenvalue weighted by Crippen LogP contribution is -1.96. The Bertz CT molecular complexity index is 704. The zero-order valence-electron chi connectivity index (χ0n) is 10.1. The average molecular weight is 257 g/mol. The van der Waals surface area contributed by atoms with Crippen molar-refractivity contribution < 1.29 is 13.5 Å². The largest absolute Gasteiger partial charge is 0.489 e. The van der Waals surface area contributed by atoms with Crippen LogP contribution < -0.4 is 10.5 Å². The van der Waals surface area contributed by atoms with Gasteiger partial charge < -0.3 is 14.9 Å². The number of nitrogens with two attached hydrogens (primary N) is 1. The average Bonchev–Trinajstić information content (AvgIpc) is 2.83. The molecule has 0 amide bonds. The minimum Gasteiger partial charge on any atom is -0.489 e. The van der Waals surface area contributed by atoms with Crippen LogP contribution in [-0.4, -0.2) is 0 Å². The zero-order valence-corrected chi connectivity index (χ0v) is 10.1. The summed E-state index contributed by atoms with van der Waals surface area (Å²) in [6, 6.07) is 11.4. The van der Waals surface area contributed by atoms with Gasteiger partial charge >= 0.3 is 0 Å². The maximum atomic E-state index is 12.8. The summed E-state index contributed by atoms with van der Waals surface area (Å²) in [6.07, 6.45) is 1.63. The maximum Gasteiger partial charge on any atom is 0.136 e. The van der Waals surface area contributed by atoms with Crippen molar-refractivity contribution in [1.29, 1.82) is 0 Å². The molecule has 1 aromatic heterocycles. The van der Waals surface area contributed by atoms with E-state index in [1.165, 1.54) is 12.1 Å². The second-order valence-electron chi connectivity index (χ2n) is 4.22. The molecule has 0 saturated heterocycles. The van der Waals surface area contributed by atoms with E-state index < -0.39 is 0 Å². The molecule has 0 radical (unpaired) electrons. The number of benzene rings is 2. The molecule has 0 unspecified atom stereocenters. The highest BCUT2D eigenvalue weighted by Crippen LogP contribution is 2.27. The van der Waals surface area contributed by atoms with E-state index in [0.29, 0.717) is 18.0 Å². The lowest BCUT2D eigenvalue weighted by Gasteiger charge is -2.05. The first-order valence-electron chi connectivity index (χ1n) is 5.87. The van der Waals surface area contributed by atoms with Gasteiger partial charge in [0.1, 0.15) is 23.8 Å². The van der Waals surface area contributed by atoms with Gasteiger partial charge in [-0.1, -0.05) is 6.07 Å². The quantitative estimate of drug-likeness (QED) is 0.727. The molecule has 0 atom stereocenters. The maximum absolute atomic E-state index is 12.8. The van der Waals surface area contributed by atoms with Crippen LogP contribution in [0.4, 0.5) is 10.1 Å². The molecule has 0 aliphatic heterocycles. The number of rotatable bonds is 3. The lowest BCUT2D eigenvalue weighted by atomic mass is 10.1. The SMILES string of the molecule is Nc1cccc2occ(COc3ccc(F)cc3)c12. The second kappa shape index (κ2) is 4.65. The lowest BCUT2D eigenvalue weighted by molar-refractivity contribution is 0.305. The van der Waals surface area contributed by atoms with Crippen molar-refractivity contribution in [3.63, 3.8) is 0 Å². The number of nitrogen functional groups attached to an aromatic ring is 1. The van der Waals surface area contributed by atoms with Gasteiger partial charge in [0.25, 0.3) is 0 Å². The van der Waals surface area contributed by atoms with Crippen LogP contribution in [0.15, 0.2) is 53.1 Å². The third-order valence-electron chi connectivity index (χ3n) is 2.92. The summed E-state index contributed by atoms with van der Waals surface area (Å²) < 4.78 is 23.8. The number of furan rings is 1. The summed E-state index contributed by atoms with van der Waals surface area (Å²) in [4.78, 5) is 0. The topological polar surface area (TPSA) is 48.4 Å². The van der Waals surface area contributed by atoms with Crippen molar-refractivity contribution in [2.45, 2.75) is 6.61 Å². The number of fused-ring (bicyclic) bond motifs is 1. The Morgan fingerprint density at radius 3 is 2.68 bits per heavy atom. The summed E-state index contributed by atoms with van der Waals surface area (Å²) in [5.41, 5.74) is 8.19. The molecular formula is C15H12FNO2. The molecule has 0 aliphatic carbocycles. The van der Waals surface area contributed by atoms with Gasteiger partial charge in [-0.25, -0.2) is 4.39 Å². The van der Waals surface area contributed by atoms with Crippen LogP contribution in [0.1, 0.15) is 5.56 Å². The Hall–Kier alpha value is -2.49. The highest BCUT2D eigenvalue weighted by molar-refractivity contribution is 5.92. The van der Waals surface area contributed by atoms with Crippen LogP contribution in [0.5, 0.6) is 5.75 Å². The molecule has 3 aromatic rings. The molecule has 0 bridgehead atoms. The molecule has 3 rings (SSSR count). The summed E-state index contributed by atoms with van der Waals surface area (Å²) in [5.74, 6) is 0.315. The van der Waals surface area contributed by atoms with E-state index in [4.69, 9.17) is 14.9 Å². The Kier molecular flexibility index (Phi) is 2.83. The monoisotopic (exact) mass is 257 g/mol. The van der Waals surface area contributed by atoms with Gasteiger partial charge in [0.2, 0.25) is 0 Å². The fourth-order valence-corrected chi connectivity index (χ4v) is 1.98. The van der Waals surface area contributed by atoms with Crippen LogP contribution in [0.25, 0.3) is 11.0 Å². The molecule has 1 heterocycles. The van der Waals surface area contributed by atoms with Gasteiger partial charge in [-0.15, -0.1) is 0 Å². The molecule has 19 heavy (non-hydrogen) atoms. The predicted octanol–water partition coefficient (Wildman–Crippen LogP) is 3.73. The Balaban J connectivity index is 1.84. The smallest absolute Gasteiger partial charge is 0.136 e. The van der Waals surface area contributed by atoms with Crippen LogP contribution in [0.3, 0.4) is 0 Å². The molecular weight excluding hydrogens is 245 g/mol. The van der Waals surface area contributed by atoms with Crippen molar-refractivity contribution in [2.24, 2.45) is 0 Å². The summed E-state index contributed by atoms with van der Waals surface area (Å²) in [5, 5.41) is 0.865. The van der Waals surface area contributed by atoms with Crippen molar-refractivity contribution >= 4 is 16.7 Å². The van der Waals surface area contributed by atoms with Crippen LogP contribution in [0.2, 0.25) is 0 Å². The van der Waals surface area contributed by atoms with Crippen LogP contribution >= 0.6 is 0 Å². The number of ether oxygens (including phenoxy) is 1. The normalized spacial score (nSPS) is 10.8. The number of hydrogen-bond donors (Lipinski definition) is 1. The molecule has 0 saturated carbocycles. The van der Waals surface area contributed by atoms with E-state index in [-0.39, 0.29) is 5.82 Å². The van der Waals surface area contributed by atoms with Crippen molar-refractivity contribution in [1.82, 2.24) is 0 Å². The van der Waals surface area contributed by atoms with Crippen molar-refractivity contribution in [3.05, 3.63) is 60.1 Å². The molecule has 2 N–H and O–H groups in total. The first-order valence-corrected chi connectivity index (χ1v) is 5.87. The molecule has 0 spiro atoms.